The molecule has 1 atom stereocenters. The van der Waals surface area contributed by atoms with E-state index < -0.39 is 21.9 Å². The first-order chi connectivity index (χ1) is 9.69. The van der Waals surface area contributed by atoms with Gasteiger partial charge in [0, 0.05) is 17.6 Å². The highest BCUT2D eigenvalue weighted by atomic mass is 35.5. The van der Waals surface area contributed by atoms with Gasteiger partial charge >= 0.3 is 5.97 Å². The van der Waals surface area contributed by atoms with Gasteiger partial charge in [0.05, 0.1) is 13.0 Å². The van der Waals surface area contributed by atoms with E-state index in [1.54, 1.807) is 13.8 Å². The molecule has 0 amide bonds. The molecular formula is C13H18ClNO5S. The van der Waals surface area contributed by atoms with Crippen LogP contribution in [0.2, 0.25) is 5.02 Å². The Morgan fingerprint density at radius 3 is 2.52 bits per heavy atom. The minimum absolute atomic E-state index is 0.0812. The van der Waals surface area contributed by atoms with Gasteiger partial charge in [-0.25, -0.2) is 13.1 Å². The first-order valence-electron chi connectivity index (χ1n) is 6.25. The Hall–Kier alpha value is -1.31. The molecule has 2 N–H and O–H groups in total. The lowest BCUT2D eigenvalue weighted by atomic mass is 9.97. The van der Waals surface area contributed by atoms with Crippen LogP contribution in [0.1, 0.15) is 13.8 Å². The van der Waals surface area contributed by atoms with Gasteiger partial charge in [0.15, 0.2) is 0 Å². The summed E-state index contributed by atoms with van der Waals surface area (Å²) in [4.78, 5) is 11.0. The number of hydrogen-bond donors (Lipinski definition) is 2. The lowest BCUT2D eigenvalue weighted by Crippen LogP contribution is -2.35. The third kappa shape index (κ3) is 4.59. The van der Waals surface area contributed by atoms with Crippen LogP contribution in [-0.4, -0.2) is 33.1 Å². The number of halogens is 1. The monoisotopic (exact) mass is 335 g/mol. The van der Waals surface area contributed by atoms with Crippen molar-refractivity contribution in [2.45, 2.75) is 18.7 Å². The molecule has 0 aliphatic heterocycles. The standard InChI is InChI=1S/C13H18ClNO5S/c1-8(2)10(13(16)17)7-15-21(18,19)12-5-4-9(14)6-11(12)20-3/h4-6,8,10,15H,7H2,1-3H3,(H,16,17). The number of sulfonamides is 1. The van der Waals surface area contributed by atoms with Crippen molar-refractivity contribution in [1.29, 1.82) is 0 Å². The van der Waals surface area contributed by atoms with E-state index in [9.17, 15) is 13.2 Å². The van der Waals surface area contributed by atoms with Gasteiger partial charge in [0.25, 0.3) is 0 Å². The summed E-state index contributed by atoms with van der Waals surface area (Å²) < 4.78 is 31.8. The van der Waals surface area contributed by atoms with Crippen molar-refractivity contribution in [3.8, 4) is 5.75 Å². The SMILES string of the molecule is COc1cc(Cl)ccc1S(=O)(=O)NCC(C(=O)O)C(C)C. The summed E-state index contributed by atoms with van der Waals surface area (Å²) in [7, 11) is -2.55. The van der Waals surface area contributed by atoms with Crippen molar-refractivity contribution in [1.82, 2.24) is 4.72 Å². The Bertz CT molecular complexity index is 615. The van der Waals surface area contributed by atoms with E-state index >= 15 is 0 Å². The predicted molar refractivity (Wildman–Crippen MR) is 79.2 cm³/mol. The molecule has 0 aliphatic carbocycles. The number of carbonyl (C=O) groups is 1. The zero-order valence-electron chi connectivity index (χ0n) is 12.0. The van der Waals surface area contributed by atoms with Gasteiger partial charge in [0.1, 0.15) is 10.6 Å². The maximum absolute atomic E-state index is 12.2. The number of hydrogen-bond acceptors (Lipinski definition) is 4. The number of carboxylic acid groups (broad SMARTS) is 1. The van der Waals surface area contributed by atoms with Gasteiger partial charge in [-0.15, -0.1) is 0 Å². The van der Waals surface area contributed by atoms with Gasteiger partial charge in [-0.05, 0) is 18.1 Å². The van der Waals surface area contributed by atoms with Crippen molar-refractivity contribution < 1.29 is 23.1 Å². The van der Waals surface area contributed by atoms with Crippen molar-refractivity contribution >= 4 is 27.6 Å². The smallest absolute Gasteiger partial charge is 0.308 e. The molecule has 1 unspecified atom stereocenters. The van der Waals surface area contributed by atoms with Gasteiger partial charge in [-0.3, -0.25) is 4.79 Å². The highest BCUT2D eigenvalue weighted by Gasteiger charge is 2.26. The molecule has 1 aromatic carbocycles. The normalized spacial score (nSPS) is 13.2. The van der Waals surface area contributed by atoms with Crippen LogP contribution in [-0.2, 0) is 14.8 Å². The molecule has 0 spiro atoms. The minimum atomic E-state index is -3.88. The lowest BCUT2D eigenvalue weighted by Gasteiger charge is -2.17. The molecule has 0 saturated heterocycles. The Balaban J connectivity index is 2.99. The number of benzene rings is 1. The van der Waals surface area contributed by atoms with Crippen LogP contribution >= 0.6 is 11.6 Å². The Kier molecular flexibility index (Phi) is 6.00. The molecule has 0 aromatic heterocycles. The Morgan fingerprint density at radius 2 is 2.05 bits per heavy atom. The fourth-order valence-corrected chi connectivity index (χ4v) is 3.12. The highest BCUT2D eigenvalue weighted by Crippen LogP contribution is 2.27. The maximum atomic E-state index is 12.2. The van der Waals surface area contributed by atoms with Gasteiger partial charge in [0.2, 0.25) is 10.0 Å². The van der Waals surface area contributed by atoms with Crippen molar-refractivity contribution in [2.24, 2.45) is 11.8 Å². The number of aliphatic carboxylic acids is 1. The molecule has 0 heterocycles. The van der Waals surface area contributed by atoms with Crippen molar-refractivity contribution in [2.75, 3.05) is 13.7 Å². The molecule has 0 bridgehead atoms. The molecule has 6 nitrogen and oxygen atoms in total. The van der Waals surface area contributed by atoms with Crippen LogP contribution in [0.5, 0.6) is 5.75 Å². The van der Waals surface area contributed by atoms with Crippen molar-refractivity contribution in [3.63, 3.8) is 0 Å². The van der Waals surface area contributed by atoms with E-state index in [2.05, 4.69) is 4.72 Å². The number of methoxy groups -OCH3 is 1. The average Bonchev–Trinajstić information content (AvgIpc) is 2.37. The quantitative estimate of drug-likeness (QED) is 0.794. The van der Waals surface area contributed by atoms with Crippen LogP contribution in [0.4, 0.5) is 0 Å². The zero-order valence-corrected chi connectivity index (χ0v) is 13.5. The van der Waals surface area contributed by atoms with Crippen LogP contribution in [0.25, 0.3) is 0 Å². The second kappa shape index (κ2) is 7.11. The summed E-state index contributed by atoms with van der Waals surface area (Å²) >= 11 is 5.78. The van der Waals surface area contributed by atoms with E-state index in [0.717, 1.165) is 0 Å². The molecule has 8 heteroatoms. The summed E-state index contributed by atoms with van der Waals surface area (Å²) in [6.45, 7) is 3.24. The van der Waals surface area contributed by atoms with Crippen LogP contribution < -0.4 is 9.46 Å². The molecular weight excluding hydrogens is 318 g/mol. The van der Waals surface area contributed by atoms with E-state index in [4.69, 9.17) is 21.4 Å². The first-order valence-corrected chi connectivity index (χ1v) is 8.11. The number of rotatable bonds is 7. The molecule has 0 radical (unpaired) electrons. The highest BCUT2D eigenvalue weighted by molar-refractivity contribution is 7.89. The molecule has 1 aromatic rings. The summed E-state index contributed by atoms with van der Waals surface area (Å²) in [5, 5.41) is 9.42. The maximum Gasteiger partial charge on any atom is 0.308 e. The van der Waals surface area contributed by atoms with Gasteiger partial charge in [-0.2, -0.15) is 0 Å². The molecule has 0 saturated carbocycles. The second-order valence-electron chi connectivity index (χ2n) is 4.84. The van der Waals surface area contributed by atoms with Crippen LogP contribution in [0, 0.1) is 11.8 Å². The average molecular weight is 336 g/mol. The van der Waals surface area contributed by atoms with E-state index in [0.29, 0.717) is 5.02 Å². The Morgan fingerprint density at radius 1 is 1.43 bits per heavy atom. The largest absolute Gasteiger partial charge is 0.495 e. The third-order valence-corrected chi connectivity index (χ3v) is 4.73. The number of carboxylic acids is 1. The van der Waals surface area contributed by atoms with Crippen LogP contribution in [0.15, 0.2) is 23.1 Å². The fraction of sp³-hybridized carbons (Fsp3) is 0.462. The van der Waals surface area contributed by atoms with E-state index in [-0.39, 0.29) is 23.1 Å². The Labute approximate surface area is 129 Å². The summed E-state index contributed by atoms with van der Waals surface area (Å²) in [6, 6.07) is 4.12. The second-order valence-corrected chi connectivity index (χ2v) is 7.01. The minimum Gasteiger partial charge on any atom is -0.495 e. The summed E-state index contributed by atoms with van der Waals surface area (Å²) in [5.41, 5.74) is 0. The van der Waals surface area contributed by atoms with Gasteiger partial charge < -0.3 is 9.84 Å². The predicted octanol–water partition coefficient (Wildman–Crippen LogP) is 1.98. The third-order valence-electron chi connectivity index (χ3n) is 3.03. The topological polar surface area (TPSA) is 92.7 Å². The van der Waals surface area contributed by atoms with E-state index in [1.807, 2.05) is 0 Å². The summed E-state index contributed by atoms with van der Waals surface area (Å²) in [6.07, 6.45) is 0. The lowest BCUT2D eigenvalue weighted by molar-refractivity contribution is -0.142. The first kappa shape index (κ1) is 17.7. The molecule has 0 aliphatic rings. The molecule has 1 rings (SSSR count). The number of ether oxygens (including phenoxy) is 1. The summed E-state index contributed by atoms with van der Waals surface area (Å²) in [5.74, 6) is -1.95. The van der Waals surface area contributed by atoms with Crippen molar-refractivity contribution in [3.05, 3.63) is 23.2 Å². The molecule has 21 heavy (non-hydrogen) atoms. The van der Waals surface area contributed by atoms with E-state index in [1.165, 1.54) is 25.3 Å². The van der Waals surface area contributed by atoms with Gasteiger partial charge in [-0.1, -0.05) is 25.4 Å². The fourth-order valence-electron chi connectivity index (χ4n) is 1.75. The molecule has 118 valence electrons. The molecule has 0 fully saturated rings. The number of nitrogens with one attached hydrogen (secondary N) is 1. The zero-order chi connectivity index (χ0) is 16.2. The van der Waals surface area contributed by atoms with Crippen LogP contribution in [0.3, 0.4) is 0 Å².